The van der Waals surface area contributed by atoms with Crippen molar-refractivity contribution >= 4 is 48.7 Å². The molecule has 1 aromatic heterocycles. The van der Waals surface area contributed by atoms with Crippen molar-refractivity contribution in [2.75, 3.05) is 10.7 Å². The molecule has 0 spiro atoms. The van der Waals surface area contributed by atoms with Gasteiger partial charge in [0.05, 0.1) is 23.0 Å². The third-order valence-corrected chi connectivity index (χ3v) is 6.82. The Morgan fingerprint density at radius 1 is 1.21 bits per heavy atom. The zero-order valence-corrected chi connectivity index (χ0v) is 18.7. The van der Waals surface area contributed by atoms with Crippen molar-refractivity contribution in [1.82, 2.24) is 4.98 Å². The van der Waals surface area contributed by atoms with Gasteiger partial charge in [0.15, 0.2) is 9.84 Å². The number of anilines is 1. The number of nitrogens with zero attached hydrogens (tertiary/aromatic N) is 2. The molecule has 0 aliphatic carbocycles. The number of thiazole rings is 1. The highest BCUT2D eigenvalue weighted by Gasteiger charge is 2.24. The van der Waals surface area contributed by atoms with Crippen molar-refractivity contribution in [1.29, 1.82) is 0 Å². The Morgan fingerprint density at radius 3 is 2.55 bits per heavy atom. The Kier molecular flexibility index (Phi) is 6.81. The van der Waals surface area contributed by atoms with Crippen molar-refractivity contribution in [3.8, 4) is 0 Å². The van der Waals surface area contributed by atoms with Crippen molar-refractivity contribution in [2.24, 2.45) is 0 Å². The monoisotopic (exact) mass is 496 g/mol. The van der Waals surface area contributed by atoms with Gasteiger partial charge in [0.2, 0.25) is 5.91 Å². The maximum Gasteiger partial charge on any atom is 0.242 e. The molecule has 0 fully saturated rings. The molecule has 0 radical (unpaired) electrons. The van der Waals surface area contributed by atoms with Crippen LogP contribution in [0.2, 0.25) is 0 Å². The molecule has 0 aliphatic heterocycles. The average Bonchev–Trinajstić information content (AvgIpc) is 3.04. The number of amides is 1. The summed E-state index contributed by atoms with van der Waals surface area (Å²) in [5.74, 6) is -1.92. The van der Waals surface area contributed by atoms with Gasteiger partial charge in [-0.1, -0.05) is 28.1 Å². The van der Waals surface area contributed by atoms with Crippen molar-refractivity contribution in [2.45, 2.75) is 19.2 Å². The lowest BCUT2D eigenvalue weighted by molar-refractivity contribution is -0.116. The van der Waals surface area contributed by atoms with E-state index in [0.29, 0.717) is 16.9 Å². The lowest BCUT2D eigenvalue weighted by atomic mass is 10.2. The zero-order valence-electron chi connectivity index (χ0n) is 15.5. The Balaban J connectivity index is 1.82. The molecular formula is C20H18BrFN2O3S2. The second kappa shape index (κ2) is 9.15. The summed E-state index contributed by atoms with van der Waals surface area (Å²) in [5.41, 5.74) is 1.66. The summed E-state index contributed by atoms with van der Waals surface area (Å²) in [4.78, 5) is 18.6. The third kappa shape index (κ3) is 6.19. The summed E-state index contributed by atoms with van der Waals surface area (Å²) in [6.45, 7) is 1.96. The van der Waals surface area contributed by atoms with Gasteiger partial charge in [-0.3, -0.25) is 4.79 Å². The highest BCUT2D eigenvalue weighted by molar-refractivity contribution is 9.10. The van der Waals surface area contributed by atoms with Crippen LogP contribution in [0.25, 0.3) is 0 Å². The van der Waals surface area contributed by atoms with Crippen molar-refractivity contribution < 1.29 is 17.6 Å². The quantitative estimate of drug-likeness (QED) is 0.482. The fraction of sp³-hybridized carbons (Fsp3) is 0.200. The normalized spacial score (nSPS) is 11.4. The Bertz CT molecular complexity index is 1110. The van der Waals surface area contributed by atoms with E-state index >= 15 is 0 Å². The van der Waals surface area contributed by atoms with Crippen molar-refractivity contribution in [3.63, 3.8) is 0 Å². The summed E-state index contributed by atoms with van der Waals surface area (Å²) >= 11 is 4.75. The molecule has 0 atom stereocenters. The van der Waals surface area contributed by atoms with Crippen LogP contribution in [0.5, 0.6) is 0 Å². The van der Waals surface area contributed by atoms with E-state index in [9.17, 15) is 17.6 Å². The number of benzene rings is 2. The molecule has 0 aliphatic rings. The third-order valence-electron chi connectivity index (χ3n) is 4.05. The number of aryl methyl sites for hydroxylation is 1. The van der Waals surface area contributed by atoms with Crippen LogP contribution in [0.1, 0.15) is 16.3 Å². The topological polar surface area (TPSA) is 67.3 Å². The Labute approximate surface area is 181 Å². The Hall–Kier alpha value is -2.10. The summed E-state index contributed by atoms with van der Waals surface area (Å²) < 4.78 is 39.3. The van der Waals surface area contributed by atoms with E-state index < -0.39 is 27.3 Å². The number of hydrogen-bond acceptors (Lipinski definition) is 5. The van der Waals surface area contributed by atoms with Gasteiger partial charge < -0.3 is 4.90 Å². The van der Waals surface area contributed by atoms with Crippen LogP contribution in [0.4, 0.5) is 10.1 Å². The first-order valence-electron chi connectivity index (χ1n) is 8.64. The van der Waals surface area contributed by atoms with Gasteiger partial charge in [0.25, 0.3) is 0 Å². The first-order chi connectivity index (χ1) is 13.7. The molecule has 9 heteroatoms. The second-order valence-corrected chi connectivity index (χ2v) is 10.5. The molecule has 1 heterocycles. The summed E-state index contributed by atoms with van der Waals surface area (Å²) in [5, 5.41) is 2.66. The molecule has 5 nitrogen and oxygen atoms in total. The molecule has 3 aromatic rings. The average molecular weight is 497 g/mol. The van der Waals surface area contributed by atoms with Gasteiger partial charge in [-0.05, 0) is 48.9 Å². The number of sulfone groups is 1. The van der Waals surface area contributed by atoms with E-state index in [4.69, 9.17) is 0 Å². The smallest absolute Gasteiger partial charge is 0.242 e. The van der Waals surface area contributed by atoms with Crippen LogP contribution in [0.3, 0.4) is 0 Å². The number of aromatic nitrogens is 1. The van der Waals surface area contributed by atoms with Gasteiger partial charge in [-0.25, -0.2) is 17.8 Å². The lowest BCUT2D eigenvalue weighted by Gasteiger charge is -2.22. The van der Waals surface area contributed by atoms with Crippen molar-refractivity contribution in [3.05, 3.63) is 80.5 Å². The van der Waals surface area contributed by atoms with Crippen LogP contribution in [0, 0.1) is 12.7 Å². The Morgan fingerprint density at radius 2 is 1.93 bits per heavy atom. The number of rotatable bonds is 7. The van der Waals surface area contributed by atoms with E-state index in [1.54, 1.807) is 24.3 Å². The van der Waals surface area contributed by atoms with Crippen LogP contribution in [-0.2, 0) is 26.9 Å². The highest BCUT2D eigenvalue weighted by atomic mass is 79.9. The van der Waals surface area contributed by atoms with E-state index in [1.165, 1.54) is 40.5 Å². The van der Waals surface area contributed by atoms with Gasteiger partial charge in [0, 0.05) is 15.5 Å². The van der Waals surface area contributed by atoms with Gasteiger partial charge >= 0.3 is 0 Å². The summed E-state index contributed by atoms with van der Waals surface area (Å²) in [6.07, 6.45) is 0. The van der Waals surface area contributed by atoms with Gasteiger partial charge in [0.1, 0.15) is 11.6 Å². The van der Waals surface area contributed by atoms with E-state index in [1.807, 2.05) is 12.3 Å². The van der Waals surface area contributed by atoms with Gasteiger partial charge in [-0.15, -0.1) is 11.3 Å². The number of carbonyl (C=O) groups is 1. The fourth-order valence-corrected chi connectivity index (χ4v) is 5.16. The van der Waals surface area contributed by atoms with E-state index in [0.717, 1.165) is 9.48 Å². The maximum atomic E-state index is 13.3. The zero-order chi connectivity index (χ0) is 21.0. The minimum atomic E-state index is -3.70. The van der Waals surface area contributed by atoms with Crippen LogP contribution in [0.15, 0.2) is 58.4 Å². The largest absolute Gasteiger partial charge is 0.306 e. The van der Waals surface area contributed by atoms with Crippen LogP contribution < -0.4 is 4.90 Å². The molecule has 0 N–H and O–H groups in total. The van der Waals surface area contributed by atoms with Crippen LogP contribution >= 0.6 is 27.3 Å². The fourth-order valence-electron chi connectivity index (χ4n) is 2.79. The molecule has 0 saturated carbocycles. The molecular weight excluding hydrogens is 479 g/mol. The van der Waals surface area contributed by atoms with Crippen LogP contribution in [-0.4, -0.2) is 25.1 Å². The first kappa shape index (κ1) is 21.6. The predicted molar refractivity (Wildman–Crippen MR) is 116 cm³/mol. The molecule has 152 valence electrons. The first-order valence-corrected chi connectivity index (χ1v) is 12.1. The minimum Gasteiger partial charge on any atom is -0.306 e. The molecule has 3 rings (SSSR count). The van der Waals surface area contributed by atoms with E-state index in [2.05, 4.69) is 20.9 Å². The minimum absolute atomic E-state index is 0.112. The molecule has 0 saturated heterocycles. The molecule has 1 amide bonds. The van der Waals surface area contributed by atoms with Gasteiger partial charge in [-0.2, -0.15) is 0 Å². The SMILES string of the molecule is Cc1nc(CN(C(=O)CS(=O)(=O)Cc2cccc(Br)c2)c2ccc(F)cc2)cs1. The van der Waals surface area contributed by atoms with E-state index in [-0.39, 0.29) is 12.3 Å². The summed E-state index contributed by atoms with van der Waals surface area (Å²) in [6, 6.07) is 12.3. The standard InChI is InChI=1S/C20H18BrFN2O3S2/c1-14-23-18(11-28-14)10-24(19-7-5-17(22)6-8-19)20(25)13-29(26,27)12-15-3-2-4-16(21)9-15/h2-9,11H,10,12-13H2,1H3. The molecule has 0 unspecified atom stereocenters. The molecule has 29 heavy (non-hydrogen) atoms. The maximum absolute atomic E-state index is 13.3. The summed E-state index contributed by atoms with van der Waals surface area (Å²) in [7, 11) is -3.70. The predicted octanol–water partition coefficient (Wildman–Crippen LogP) is 4.50. The highest BCUT2D eigenvalue weighted by Crippen LogP contribution is 2.21. The lowest BCUT2D eigenvalue weighted by Crippen LogP contribution is -2.36. The number of hydrogen-bond donors (Lipinski definition) is 0. The number of halogens is 2. The molecule has 0 bridgehead atoms. The second-order valence-electron chi connectivity index (χ2n) is 6.48. The number of carbonyl (C=O) groups excluding carboxylic acids is 1. The molecule has 2 aromatic carbocycles.